The summed E-state index contributed by atoms with van der Waals surface area (Å²) in [6.45, 7) is 4.81. The molecule has 0 saturated heterocycles. The summed E-state index contributed by atoms with van der Waals surface area (Å²) < 4.78 is 0. The molecule has 1 aliphatic carbocycles. The normalized spacial score (nSPS) is 14.7. The van der Waals surface area contributed by atoms with Crippen molar-refractivity contribution >= 4 is 23.0 Å². The summed E-state index contributed by atoms with van der Waals surface area (Å²) in [6.07, 6.45) is 5.04. The van der Waals surface area contributed by atoms with Crippen LogP contribution in [0, 0.1) is 13.8 Å². The Bertz CT molecular complexity index is 429. The molecule has 1 aliphatic rings. The van der Waals surface area contributed by atoms with Crippen LogP contribution in [0.2, 0.25) is 0 Å². The lowest BCUT2D eigenvalue weighted by Gasteiger charge is -2.23. The Morgan fingerprint density at radius 3 is 2.71 bits per heavy atom. The van der Waals surface area contributed by atoms with Crippen LogP contribution in [0.5, 0.6) is 0 Å². The average molecular weight is 250 g/mol. The Hall–Kier alpha value is -1.23. The standard InChI is InChI=1S/C12H18N4S/c1-8-9(2)15-12(7-14-8)16(10-3-4-10)6-5-11(13)17/h7,10H,3-6H2,1-2H3,(H2,13,17). The van der Waals surface area contributed by atoms with Crippen LogP contribution in [0.3, 0.4) is 0 Å². The average Bonchev–Trinajstić information content (AvgIpc) is 3.07. The Morgan fingerprint density at radius 2 is 2.18 bits per heavy atom. The van der Waals surface area contributed by atoms with Crippen molar-refractivity contribution in [1.29, 1.82) is 0 Å². The van der Waals surface area contributed by atoms with E-state index in [1.54, 1.807) is 0 Å². The minimum atomic E-state index is 0.562. The van der Waals surface area contributed by atoms with Gasteiger partial charge in [-0.3, -0.25) is 4.98 Å². The molecule has 2 rings (SSSR count). The molecule has 1 saturated carbocycles. The van der Waals surface area contributed by atoms with E-state index in [0.717, 1.165) is 30.2 Å². The highest BCUT2D eigenvalue weighted by molar-refractivity contribution is 7.80. The summed E-state index contributed by atoms with van der Waals surface area (Å²) in [5, 5.41) is 0. The molecular weight excluding hydrogens is 232 g/mol. The number of thiocarbonyl (C=S) groups is 1. The molecule has 92 valence electrons. The van der Waals surface area contributed by atoms with Gasteiger partial charge in [0.25, 0.3) is 0 Å². The van der Waals surface area contributed by atoms with Crippen molar-refractivity contribution in [2.24, 2.45) is 5.73 Å². The van der Waals surface area contributed by atoms with Gasteiger partial charge < -0.3 is 10.6 Å². The van der Waals surface area contributed by atoms with Crippen LogP contribution < -0.4 is 10.6 Å². The smallest absolute Gasteiger partial charge is 0.147 e. The zero-order chi connectivity index (χ0) is 12.4. The van der Waals surface area contributed by atoms with Crippen molar-refractivity contribution in [3.63, 3.8) is 0 Å². The number of hydrogen-bond donors (Lipinski definition) is 1. The quantitative estimate of drug-likeness (QED) is 0.807. The van der Waals surface area contributed by atoms with E-state index in [-0.39, 0.29) is 0 Å². The maximum absolute atomic E-state index is 5.56. The van der Waals surface area contributed by atoms with Crippen LogP contribution in [-0.2, 0) is 0 Å². The largest absolute Gasteiger partial charge is 0.393 e. The van der Waals surface area contributed by atoms with Crippen LogP contribution in [0.1, 0.15) is 30.7 Å². The van der Waals surface area contributed by atoms with Gasteiger partial charge in [-0.1, -0.05) is 12.2 Å². The Morgan fingerprint density at radius 1 is 1.47 bits per heavy atom. The monoisotopic (exact) mass is 250 g/mol. The number of aromatic nitrogens is 2. The third-order valence-corrected chi connectivity index (χ3v) is 3.26. The first kappa shape index (κ1) is 12.2. The molecule has 2 N–H and O–H groups in total. The van der Waals surface area contributed by atoms with Crippen LogP contribution in [0.4, 0.5) is 5.82 Å². The molecule has 1 aromatic rings. The molecule has 0 radical (unpaired) electrons. The molecule has 0 aromatic carbocycles. The lowest BCUT2D eigenvalue weighted by Crippen LogP contribution is -2.30. The van der Waals surface area contributed by atoms with E-state index < -0.39 is 0 Å². The lowest BCUT2D eigenvalue weighted by molar-refractivity contribution is 0.776. The molecule has 17 heavy (non-hydrogen) atoms. The predicted molar refractivity (Wildman–Crippen MR) is 73.3 cm³/mol. The fourth-order valence-corrected chi connectivity index (χ4v) is 1.86. The first-order chi connectivity index (χ1) is 8.08. The van der Waals surface area contributed by atoms with Gasteiger partial charge in [0.05, 0.1) is 22.6 Å². The number of nitrogens with zero attached hydrogens (tertiary/aromatic N) is 3. The summed E-state index contributed by atoms with van der Waals surface area (Å²) >= 11 is 4.93. The molecular formula is C12H18N4S. The molecule has 1 fully saturated rings. The second kappa shape index (κ2) is 4.96. The Balaban J connectivity index is 2.14. The third kappa shape index (κ3) is 3.12. The minimum absolute atomic E-state index is 0.562. The summed E-state index contributed by atoms with van der Waals surface area (Å²) in [5.74, 6) is 0.951. The van der Waals surface area contributed by atoms with Gasteiger partial charge in [-0.25, -0.2) is 4.98 Å². The van der Waals surface area contributed by atoms with Gasteiger partial charge in [0.15, 0.2) is 0 Å². The highest BCUT2D eigenvalue weighted by atomic mass is 32.1. The Kier molecular flexibility index (Phi) is 3.57. The van der Waals surface area contributed by atoms with Crippen molar-refractivity contribution in [2.75, 3.05) is 11.4 Å². The zero-order valence-corrected chi connectivity index (χ0v) is 11.1. The first-order valence-electron chi connectivity index (χ1n) is 5.93. The zero-order valence-electron chi connectivity index (χ0n) is 10.3. The number of anilines is 1. The molecule has 0 atom stereocenters. The van der Waals surface area contributed by atoms with Crippen molar-refractivity contribution in [2.45, 2.75) is 39.2 Å². The van der Waals surface area contributed by atoms with Gasteiger partial charge in [-0.05, 0) is 26.7 Å². The Labute approximate surface area is 107 Å². The lowest BCUT2D eigenvalue weighted by atomic mass is 10.3. The van der Waals surface area contributed by atoms with E-state index in [4.69, 9.17) is 18.0 Å². The third-order valence-electron chi connectivity index (χ3n) is 3.06. The summed E-state index contributed by atoms with van der Waals surface area (Å²) in [7, 11) is 0. The van der Waals surface area contributed by atoms with Crippen LogP contribution in [0.15, 0.2) is 6.20 Å². The summed E-state index contributed by atoms with van der Waals surface area (Å²) in [5.41, 5.74) is 7.54. The van der Waals surface area contributed by atoms with Gasteiger partial charge in [-0.15, -0.1) is 0 Å². The van der Waals surface area contributed by atoms with Crippen molar-refractivity contribution in [3.8, 4) is 0 Å². The number of aryl methyl sites for hydroxylation is 2. The molecule has 0 amide bonds. The van der Waals surface area contributed by atoms with E-state index in [2.05, 4.69) is 14.9 Å². The number of nitrogens with two attached hydrogens (primary N) is 1. The molecule has 0 spiro atoms. The first-order valence-corrected chi connectivity index (χ1v) is 6.34. The predicted octanol–water partition coefficient (Wildman–Crippen LogP) is 1.74. The highest BCUT2D eigenvalue weighted by Crippen LogP contribution is 2.30. The summed E-state index contributed by atoms with van der Waals surface area (Å²) in [6, 6.07) is 0.598. The van der Waals surface area contributed by atoms with E-state index in [1.807, 2.05) is 20.0 Å². The van der Waals surface area contributed by atoms with Crippen LogP contribution in [-0.4, -0.2) is 27.5 Å². The van der Waals surface area contributed by atoms with Gasteiger partial charge in [-0.2, -0.15) is 0 Å². The van der Waals surface area contributed by atoms with Crippen molar-refractivity contribution in [1.82, 2.24) is 9.97 Å². The van der Waals surface area contributed by atoms with Crippen molar-refractivity contribution in [3.05, 3.63) is 17.6 Å². The van der Waals surface area contributed by atoms with Crippen molar-refractivity contribution < 1.29 is 0 Å². The molecule has 5 heteroatoms. The SMILES string of the molecule is Cc1ncc(N(CCC(N)=S)C2CC2)nc1C. The van der Waals surface area contributed by atoms with Crippen LogP contribution >= 0.6 is 12.2 Å². The van der Waals surface area contributed by atoms with Gasteiger partial charge >= 0.3 is 0 Å². The van der Waals surface area contributed by atoms with Gasteiger partial charge in [0.1, 0.15) is 5.82 Å². The highest BCUT2D eigenvalue weighted by Gasteiger charge is 2.30. The molecule has 1 heterocycles. The number of rotatable bonds is 5. The maximum Gasteiger partial charge on any atom is 0.147 e. The molecule has 0 aliphatic heterocycles. The second-order valence-electron chi connectivity index (χ2n) is 4.54. The van der Waals surface area contributed by atoms with E-state index >= 15 is 0 Å². The van der Waals surface area contributed by atoms with E-state index in [0.29, 0.717) is 11.0 Å². The molecule has 0 bridgehead atoms. The minimum Gasteiger partial charge on any atom is -0.393 e. The van der Waals surface area contributed by atoms with Crippen LogP contribution in [0.25, 0.3) is 0 Å². The molecule has 1 aromatic heterocycles. The maximum atomic E-state index is 5.56. The van der Waals surface area contributed by atoms with Gasteiger partial charge in [0.2, 0.25) is 0 Å². The topological polar surface area (TPSA) is 55.0 Å². The van der Waals surface area contributed by atoms with E-state index in [1.165, 1.54) is 12.8 Å². The van der Waals surface area contributed by atoms with Gasteiger partial charge in [0, 0.05) is 19.0 Å². The molecule has 4 nitrogen and oxygen atoms in total. The summed E-state index contributed by atoms with van der Waals surface area (Å²) in [4.78, 5) is 11.8. The van der Waals surface area contributed by atoms with E-state index in [9.17, 15) is 0 Å². The fraction of sp³-hybridized carbons (Fsp3) is 0.583. The number of hydrogen-bond acceptors (Lipinski definition) is 4. The fourth-order valence-electron chi connectivity index (χ4n) is 1.77. The second-order valence-corrected chi connectivity index (χ2v) is 5.06. The molecule has 0 unspecified atom stereocenters.